The number of sulfonamides is 1. The summed E-state index contributed by atoms with van der Waals surface area (Å²) >= 11 is 0. The van der Waals surface area contributed by atoms with Gasteiger partial charge in [-0.1, -0.05) is 30.3 Å². The first kappa shape index (κ1) is 17.9. The summed E-state index contributed by atoms with van der Waals surface area (Å²) in [6.07, 6.45) is 3.33. The van der Waals surface area contributed by atoms with Gasteiger partial charge in [-0.15, -0.1) is 0 Å². The highest BCUT2D eigenvalue weighted by Gasteiger charge is 2.21. The van der Waals surface area contributed by atoms with E-state index in [1.54, 1.807) is 49.6 Å². The number of anilines is 1. The van der Waals surface area contributed by atoms with Crippen molar-refractivity contribution in [3.8, 4) is 11.5 Å². The molecule has 1 heterocycles. The van der Waals surface area contributed by atoms with Crippen LogP contribution in [-0.2, 0) is 16.6 Å². The standard InChI is InChI=1S/C20H20N2O3S/c1-2-26(23,24)22(16-17-8-7-13-21-15-17)18-9-6-12-20(14-18)25-19-10-4-3-5-11-19/h3-15H,2,16H2,1H3. The molecule has 0 aliphatic rings. The molecule has 0 saturated heterocycles. The summed E-state index contributed by atoms with van der Waals surface area (Å²) in [5.74, 6) is 1.29. The number of rotatable bonds is 7. The molecule has 0 aliphatic heterocycles. The van der Waals surface area contributed by atoms with Gasteiger partial charge in [0.2, 0.25) is 10.0 Å². The van der Waals surface area contributed by atoms with Crippen molar-refractivity contribution in [1.82, 2.24) is 4.98 Å². The lowest BCUT2D eigenvalue weighted by molar-refractivity contribution is 0.483. The van der Waals surface area contributed by atoms with E-state index >= 15 is 0 Å². The zero-order valence-electron chi connectivity index (χ0n) is 14.4. The topological polar surface area (TPSA) is 59.5 Å². The molecule has 0 saturated carbocycles. The summed E-state index contributed by atoms with van der Waals surface area (Å²) in [5.41, 5.74) is 1.38. The summed E-state index contributed by atoms with van der Waals surface area (Å²) in [5, 5.41) is 0. The fraction of sp³-hybridized carbons (Fsp3) is 0.150. The van der Waals surface area contributed by atoms with Gasteiger partial charge in [-0.05, 0) is 42.8 Å². The Bertz CT molecular complexity index is 945. The van der Waals surface area contributed by atoms with Crippen LogP contribution in [0.3, 0.4) is 0 Å². The molecule has 1 aromatic heterocycles. The van der Waals surface area contributed by atoms with Crippen molar-refractivity contribution in [1.29, 1.82) is 0 Å². The fourth-order valence-electron chi connectivity index (χ4n) is 2.49. The van der Waals surface area contributed by atoms with E-state index in [-0.39, 0.29) is 12.3 Å². The van der Waals surface area contributed by atoms with Gasteiger partial charge in [0.05, 0.1) is 18.0 Å². The van der Waals surface area contributed by atoms with Crippen molar-refractivity contribution >= 4 is 15.7 Å². The first-order valence-corrected chi connectivity index (χ1v) is 9.91. The van der Waals surface area contributed by atoms with E-state index < -0.39 is 10.0 Å². The van der Waals surface area contributed by atoms with E-state index in [0.717, 1.165) is 5.56 Å². The molecule has 6 heteroatoms. The molecule has 0 aliphatic carbocycles. The van der Waals surface area contributed by atoms with Gasteiger partial charge in [0.1, 0.15) is 11.5 Å². The van der Waals surface area contributed by atoms with E-state index in [9.17, 15) is 8.42 Å². The molecule has 0 fully saturated rings. The number of aromatic nitrogens is 1. The Kier molecular flexibility index (Phi) is 5.53. The van der Waals surface area contributed by atoms with Crippen molar-refractivity contribution in [3.05, 3.63) is 84.7 Å². The molecule has 0 spiro atoms. The SMILES string of the molecule is CCS(=O)(=O)N(Cc1cccnc1)c1cccc(Oc2ccccc2)c1. The first-order chi connectivity index (χ1) is 12.6. The smallest absolute Gasteiger partial charge is 0.235 e. The van der Waals surface area contributed by atoms with Crippen molar-refractivity contribution in [2.75, 3.05) is 10.1 Å². The maximum Gasteiger partial charge on any atom is 0.235 e. The number of benzene rings is 2. The number of nitrogens with zero attached hydrogens (tertiary/aromatic N) is 2. The molecule has 0 N–H and O–H groups in total. The predicted octanol–water partition coefficient (Wildman–Crippen LogP) is 4.23. The third kappa shape index (κ3) is 4.40. The van der Waals surface area contributed by atoms with Gasteiger partial charge in [-0.25, -0.2) is 8.42 Å². The first-order valence-electron chi connectivity index (χ1n) is 8.31. The number of ether oxygens (including phenoxy) is 1. The van der Waals surface area contributed by atoms with Crippen molar-refractivity contribution < 1.29 is 13.2 Å². The van der Waals surface area contributed by atoms with Gasteiger partial charge >= 0.3 is 0 Å². The van der Waals surface area contributed by atoms with Crippen LogP contribution in [-0.4, -0.2) is 19.2 Å². The summed E-state index contributed by atoms with van der Waals surface area (Å²) < 4.78 is 32.5. The zero-order chi connectivity index (χ0) is 18.4. The molecule has 2 aromatic carbocycles. The van der Waals surface area contributed by atoms with Gasteiger partial charge in [0, 0.05) is 18.5 Å². The lowest BCUT2D eigenvalue weighted by Gasteiger charge is -2.24. The monoisotopic (exact) mass is 368 g/mol. The Labute approximate surface area is 153 Å². The average molecular weight is 368 g/mol. The van der Waals surface area contributed by atoms with E-state index in [4.69, 9.17) is 4.74 Å². The molecule has 0 bridgehead atoms. The number of para-hydroxylation sites is 1. The Morgan fingerprint density at radius 2 is 1.73 bits per heavy atom. The highest BCUT2D eigenvalue weighted by molar-refractivity contribution is 7.92. The fourth-order valence-corrected chi connectivity index (χ4v) is 3.58. The molecule has 0 atom stereocenters. The molecular weight excluding hydrogens is 348 g/mol. The minimum Gasteiger partial charge on any atom is -0.457 e. The molecule has 26 heavy (non-hydrogen) atoms. The Morgan fingerprint density at radius 3 is 2.42 bits per heavy atom. The van der Waals surface area contributed by atoms with Crippen LogP contribution in [0.25, 0.3) is 0 Å². The van der Waals surface area contributed by atoms with Crippen LogP contribution in [0.5, 0.6) is 11.5 Å². The van der Waals surface area contributed by atoms with E-state index in [1.807, 2.05) is 36.4 Å². The highest BCUT2D eigenvalue weighted by Crippen LogP contribution is 2.28. The predicted molar refractivity (Wildman–Crippen MR) is 103 cm³/mol. The minimum atomic E-state index is -3.45. The maximum absolute atomic E-state index is 12.6. The van der Waals surface area contributed by atoms with Crippen LogP contribution in [0.1, 0.15) is 12.5 Å². The minimum absolute atomic E-state index is 0.0109. The summed E-state index contributed by atoms with van der Waals surface area (Å²) in [4.78, 5) is 4.07. The van der Waals surface area contributed by atoms with Gasteiger partial charge in [-0.3, -0.25) is 9.29 Å². The Balaban J connectivity index is 1.92. The zero-order valence-corrected chi connectivity index (χ0v) is 15.3. The van der Waals surface area contributed by atoms with Crippen molar-refractivity contribution in [2.24, 2.45) is 0 Å². The quantitative estimate of drug-likeness (QED) is 0.626. The molecular formula is C20H20N2O3S. The van der Waals surface area contributed by atoms with E-state index in [1.165, 1.54) is 4.31 Å². The summed E-state index contributed by atoms with van der Waals surface area (Å²) in [6.45, 7) is 1.86. The number of pyridine rings is 1. The molecule has 5 nitrogen and oxygen atoms in total. The second-order valence-electron chi connectivity index (χ2n) is 5.68. The van der Waals surface area contributed by atoms with Gasteiger partial charge in [-0.2, -0.15) is 0 Å². The van der Waals surface area contributed by atoms with Gasteiger partial charge in [0.25, 0.3) is 0 Å². The van der Waals surface area contributed by atoms with Crippen LogP contribution in [0.15, 0.2) is 79.1 Å². The van der Waals surface area contributed by atoms with Crippen LogP contribution < -0.4 is 9.04 Å². The van der Waals surface area contributed by atoms with E-state index in [0.29, 0.717) is 17.2 Å². The average Bonchev–Trinajstić information content (AvgIpc) is 2.68. The lowest BCUT2D eigenvalue weighted by Crippen LogP contribution is -2.31. The molecule has 3 aromatic rings. The highest BCUT2D eigenvalue weighted by atomic mass is 32.2. The lowest BCUT2D eigenvalue weighted by atomic mass is 10.2. The molecule has 0 amide bonds. The van der Waals surface area contributed by atoms with Gasteiger partial charge in [0.15, 0.2) is 0 Å². The van der Waals surface area contributed by atoms with E-state index in [2.05, 4.69) is 4.98 Å². The van der Waals surface area contributed by atoms with Crippen molar-refractivity contribution in [3.63, 3.8) is 0 Å². The molecule has 0 unspecified atom stereocenters. The summed E-state index contributed by atoms with van der Waals surface area (Å²) in [7, 11) is -3.45. The van der Waals surface area contributed by atoms with Crippen LogP contribution in [0.4, 0.5) is 5.69 Å². The Morgan fingerprint density at radius 1 is 0.962 bits per heavy atom. The van der Waals surface area contributed by atoms with Crippen LogP contribution >= 0.6 is 0 Å². The largest absolute Gasteiger partial charge is 0.457 e. The third-order valence-electron chi connectivity index (χ3n) is 3.83. The van der Waals surface area contributed by atoms with Crippen molar-refractivity contribution in [2.45, 2.75) is 13.5 Å². The number of hydrogen-bond acceptors (Lipinski definition) is 4. The molecule has 0 radical (unpaired) electrons. The second-order valence-corrected chi connectivity index (χ2v) is 7.86. The third-order valence-corrected chi connectivity index (χ3v) is 5.58. The normalized spacial score (nSPS) is 11.1. The Hall–Kier alpha value is -2.86. The van der Waals surface area contributed by atoms with Gasteiger partial charge < -0.3 is 4.74 Å². The maximum atomic E-state index is 12.6. The second kappa shape index (κ2) is 8.01. The summed E-state index contributed by atoms with van der Waals surface area (Å²) in [6, 6.07) is 20.1. The van der Waals surface area contributed by atoms with Crippen LogP contribution in [0, 0.1) is 0 Å². The van der Waals surface area contributed by atoms with Crippen LogP contribution in [0.2, 0.25) is 0 Å². The molecule has 134 valence electrons. The number of hydrogen-bond donors (Lipinski definition) is 0. The molecule has 3 rings (SSSR count).